The van der Waals surface area contributed by atoms with Crippen molar-refractivity contribution in [2.24, 2.45) is 11.8 Å². The van der Waals surface area contributed by atoms with Gasteiger partial charge in [-0.15, -0.1) is 0 Å². The Hall–Kier alpha value is -1.48. The van der Waals surface area contributed by atoms with Crippen molar-refractivity contribution >= 4 is 15.9 Å². The van der Waals surface area contributed by atoms with E-state index in [0.29, 0.717) is 32.0 Å². The van der Waals surface area contributed by atoms with Crippen LogP contribution in [0, 0.1) is 11.8 Å². The summed E-state index contributed by atoms with van der Waals surface area (Å²) in [5.74, 6) is 0.745. The molecule has 8 heteroatoms. The number of piperidine rings is 1. The zero-order valence-corrected chi connectivity index (χ0v) is 19.1. The van der Waals surface area contributed by atoms with Crippen molar-refractivity contribution < 1.29 is 13.2 Å². The first-order valence-electron chi connectivity index (χ1n) is 11.8. The van der Waals surface area contributed by atoms with Crippen LogP contribution >= 0.6 is 0 Å². The molecule has 0 aromatic heterocycles. The summed E-state index contributed by atoms with van der Waals surface area (Å²) in [7, 11) is -3.35. The third kappa shape index (κ3) is 6.28. The van der Waals surface area contributed by atoms with Crippen LogP contribution in [0.25, 0.3) is 0 Å². The van der Waals surface area contributed by atoms with E-state index in [9.17, 15) is 13.2 Å². The number of sulfonamides is 1. The molecule has 3 N–H and O–H groups in total. The van der Waals surface area contributed by atoms with Gasteiger partial charge in [0.1, 0.15) is 0 Å². The summed E-state index contributed by atoms with van der Waals surface area (Å²) in [4.78, 5) is 12.8. The highest BCUT2D eigenvalue weighted by atomic mass is 32.2. The summed E-state index contributed by atoms with van der Waals surface area (Å²) in [6.07, 6.45) is 9.94. The van der Waals surface area contributed by atoms with Crippen molar-refractivity contribution in [3.63, 3.8) is 0 Å². The lowest BCUT2D eigenvalue weighted by Crippen LogP contribution is -2.49. The SMILES string of the molecule is O=C(NC1CC(CC2CCCCC2)NN1)C1CCN(S(=O)(=O)Cc2ccccc2)CC1. The summed E-state index contributed by atoms with van der Waals surface area (Å²) < 4.78 is 27.0. The number of nitrogens with zero attached hydrogens (tertiary/aromatic N) is 1. The van der Waals surface area contributed by atoms with Gasteiger partial charge in [-0.05, 0) is 37.2 Å². The number of amides is 1. The first-order chi connectivity index (χ1) is 15.0. The average molecular weight is 449 g/mol. The Morgan fingerprint density at radius 2 is 1.71 bits per heavy atom. The number of hydrazine groups is 1. The van der Waals surface area contributed by atoms with Gasteiger partial charge in [-0.2, -0.15) is 0 Å². The van der Waals surface area contributed by atoms with Gasteiger partial charge >= 0.3 is 0 Å². The molecule has 2 atom stereocenters. The van der Waals surface area contributed by atoms with Crippen molar-refractivity contribution in [2.75, 3.05) is 13.1 Å². The van der Waals surface area contributed by atoms with E-state index in [1.54, 1.807) is 4.31 Å². The molecular formula is C23H36N4O3S. The topological polar surface area (TPSA) is 90.5 Å². The van der Waals surface area contributed by atoms with Crippen LogP contribution in [-0.2, 0) is 20.6 Å². The quantitative estimate of drug-likeness (QED) is 0.596. The van der Waals surface area contributed by atoms with Crippen molar-refractivity contribution in [2.45, 2.75) is 75.7 Å². The van der Waals surface area contributed by atoms with Crippen LogP contribution < -0.4 is 16.2 Å². The molecule has 2 heterocycles. The van der Waals surface area contributed by atoms with Crippen molar-refractivity contribution in [3.8, 4) is 0 Å². The van der Waals surface area contributed by atoms with Crippen LogP contribution in [0.2, 0.25) is 0 Å². The van der Waals surface area contributed by atoms with Gasteiger partial charge < -0.3 is 5.32 Å². The minimum absolute atomic E-state index is 0.0186. The fourth-order valence-corrected chi connectivity index (χ4v) is 6.82. The zero-order valence-electron chi connectivity index (χ0n) is 18.3. The normalized spacial score (nSPS) is 26.7. The van der Waals surface area contributed by atoms with Crippen LogP contribution in [-0.4, -0.2) is 43.9 Å². The highest BCUT2D eigenvalue weighted by Crippen LogP contribution is 2.29. The smallest absolute Gasteiger partial charge is 0.224 e. The van der Waals surface area contributed by atoms with E-state index >= 15 is 0 Å². The van der Waals surface area contributed by atoms with Crippen LogP contribution in [0.5, 0.6) is 0 Å². The summed E-state index contributed by atoms with van der Waals surface area (Å²) in [5, 5.41) is 3.13. The van der Waals surface area contributed by atoms with Gasteiger partial charge in [-0.1, -0.05) is 62.4 Å². The monoisotopic (exact) mass is 448 g/mol. The molecule has 1 aromatic carbocycles. The predicted molar refractivity (Wildman–Crippen MR) is 121 cm³/mol. The lowest BCUT2D eigenvalue weighted by molar-refractivity contribution is -0.127. The van der Waals surface area contributed by atoms with Crippen LogP contribution in [0.3, 0.4) is 0 Å². The Kier molecular flexibility index (Phi) is 7.63. The van der Waals surface area contributed by atoms with Gasteiger partial charge in [-0.3, -0.25) is 10.2 Å². The van der Waals surface area contributed by atoms with E-state index in [0.717, 1.165) is 17.9 Å². The molecule has 3 aliphatic rings. The molecule has 1 aromatic rings. The van der Waals surface area contributed by atoms with Gasteiger partial charge in [0.25, 0.3) is 0 Å². The minimum Gasteiger partial charge on any atom is -0.339 e. The second-order valence-corrected chi connectivity index (χ2v) is 11.4. The summed E-state index contributed by atoms with van der Waals surface area (Å²) in [5.41, 5.74) is 7.39. The molecular weight excluding hydrogens is 412 g/mol. The zero-order chi connectivity index (χ0) is 21.7. The van der Waals surface area contributed by atoms with Crippen molar-refractivity contribution in [1.29, 1.82) is 0 Å². The molecule has 7 nitrogen and oxygen atoms in total. The molecule has 31 heavy (non-hydrogen) atoms. The molecule has 172 valence electrons. The van der Waals surface area contributed by atoms with Gasteiger partial charge in [0.05, 0.1) is 11.9 Å². The Morgan fingerprint density at radius 3 is 2.42 bits per heavy atom. The Bertz CT molecular complexity index is 818. The van der Waals surface area contributed by atoms with Gasteiger partial charge in [0.15, 0.2) is 0 Å². The maximum atomic E-state index is 12.8. The summed E-state index contributed by atoms with van der Waals surface area (Å²) in [6.45, 7) is 0.821. The molecule has 2 aliphatic heterocycles. The lowest BCUT2D eigenvalue weighted by Gasteiger charge is -2.31. The number of carbonyl (C=O) groups excluding carboxylic acids is 1. The van der Waals surface area contributed by atoms with E-state index in [2.05, 4.69) is 16.2 Å². The average Bonchev–Trinajstić information content (AvgIpc) is 3.21. The van der Waals surface area contributed by atoms with E-state index in [-0.39, 0.29) is 23.7 Å². The van der Waals surface area contributed by atoms with Gasteiger partial charge in [-0.25, -0.2) is 18.1 Å². The highest BCUT2D eigenvalue weighted by Gasteiger charge is 2.33. The lowest BCUT2D eigenvalue weighted by atomic mass is 9.84. The van der Waals surface area contributed by atoms with Crippen LogP contribution in [0.15, 0.2) is 30.3 Å². The van der Waals surface area contributed by atoms with E-state index in [4.69, 9.17) is 0 Å². The first kappa shape index (κ1) is 22.7. The second-order valence-electron chi connectivity index (χ2n) is 9.44. The molecule has 0 bridgehead atoms. The number of hydrogen-bond donors (Lipinski definition) is 3. The van der Waals surface area contributed by atoms with Gasteiger partial charge in [0.2, 0.25) is 15.9 Å². The van der Waals surface area contributed by atoms with E-state index in [1.165, 1.54) is 38.5 Å². The molecule has 4 rings (SSSR count). The maximum Gasteiger partial charge on any atom is 0.224 e. The van der Waals surface area contributed by atoms with Crippen molar-refractivity contribution in [1.82, 2.24) is 20.5 Å². The Labute approximate surface area is 186 Å². The third-order valence-electron chi connectivity index (χ3n) is 7.05. The number of benzene rings is 1. The maximum absolute atomic E-state index is 12.8. The molecule has 1 aliphatic carbocycles. The van der Waals surface area contributed by atoms with E-state index < -0.39 is 10.0 Å². The van der Waals surface area contributed by atoms with Gasteiger partial charge in [0, 0.05) is 25.0 Å². The number of rotatable bonds is 7. The van der Waals surface area contributed by atoms with Crippen molar-refractivity contribution in [3.05, 3.63) is 35.9 Å². The molecule has 3 fully saturated rings. The molecule has 0 radical (unpaired) electrons. The molecule has 1 saturated carbocycles. The van der Waals surface area contributed by atoms with Crippen LogP contribution in [0.4, 0.5) is 0 Å². The number of nitrogens with one attached hydrogen (secondary N) is 3. The number of carbonyl (C=O) groups is 1. The van der Waals surface area contributed by atoms with Crippen LogP contribution in [0.1, 0.15) is 63.4 Å². The molecule has 1 amide bonds. The standard InChI is InChI=1S/C23H36N4O3S/c28-23(24-22-16-21(25-26-22)15-18-7-3-1-4-8-18)20-11-13-27(14-12-20)31(29,30)17-19-9-5-2-6-10-19/h2,5-6,9-10,18,20-22,25-26H,1,3-4,7-8,11-17H2,(H,24,28). The summed E-state index contributed by atoms with van der Waals surface area (Å²) >= 11 is 0. The third-order valence-corrected chi connectivity index (χ3v) is 8.90. The first-order valence-corrected chi connectivity index (χ1v) is 13.4. The second kappa shape index (κ2) is 10.4. The fourth-order valence-electron chi connectivity index (χ4n) is 5.26. The predicted octanol–water partition coefficient (Wildman–Crippen LogP) is 2.51. The number of hydrogen-bond acceptors (Lipinski definition) is 5. The minimum atomic E-state index is -3.35. The summed E-state index contributed by atoms with van der Waals surface area (Å²) in [6, 6.07) is 9.68. The molecule has 0 spiro atoms. The Balaban J connectivity index is 1.20. The fraction of sp³-hybridized carbons (Fsp3) is 0.696. The molecule has 2 unspecified atom stereocenters. The largest absolute Gasteiger partial charge is 0.339 e. The van der Waals surface area contributed by atoms with E-state index in [1.807, 2.05) is 30.3 Å². The molecule has 2 saturated heterocycles. The Morgan fingerprint density at radius 1 is 1.00 bits per heavy atom. The highest BCUT2D eigenvalue weighted by molar-refractivity contribution is 7.88.